The van der Waals surface area contributed by atoms with Gasteiger partial charge in [-0.2, -0.15) is 0 Å². The molecule has 298 valence electrons. The summed E-state index contributed by atoms with van der Waals surface area (Å²) in [5, 5.41) is 9.53. The second-order valence-electron chi connectivity index (χ2n) is 14.7. The van der Waals surface area contributed by atoms with Gasteiger partial charge in [-0.3, -0.25) is 9.59 Å². The molecular formula is C43H85NO6. The van der Waals surface area contributed by atoms with Crippen LogP contribution in [0.15, 0.2) is 0 Å². The van der Waals surface area contributed by atoms with E-state index in [9.17, 15) is 14.7 Å². The maximum atomic E-state index is 12.7. The SMILES string of the molecule is CCCCCCCCC(CCCCCCCC)OC(=O)CCCCCCCN(CCO)CCCCCCCC(=O)OCCOCCCCCC. The number of hydrogen-bond donors (Lipinski definition) is 1. The molecular weight excluding hydrogens is 626 g/mol. The number of esters is 2. The predicted molar refractivity (Wildman–Crippen MR) is 211 cm³/mol. The molecule has 0 unspecified atom stereocenters. The van der Waals surface area contributed by atoms with Gasteiger partial charge < -0.3 is 24.2 Å². The Morgan fingerprint density at radius 2 is 0.920 bits per heavy atom. The average Bonchev–Trinajstić information content (AvgIpc) is 3.11. The van der Waals surface area contributed by atoms with Crippen LogP contribution >= 0.6 is 0 Å². The number of aliphatic hydroxyl groups is 1. The molecule has 0 heterocycles. The van der Waals surface area contributed by atoms with Crippen molar-refractivity contribution in [3.63, 3.8) is 0 Å². The van der Waals surface area contributed by atoms with Crippen LogP contribution in [-0.2, 0) is 23.8 Å². The minimum atomic E-state index is -0.111. The molecule has 0 saturated carbocycles. The maximum absolute atomic E-state index is 12.7. The van der Waals surface area contributed by atoms with Crippen molar-refractivity contribution in [3.05, 3.63) is 0 Å². The minimum Gasteiger partial charge on any atom is -0.463 e. The third-order valence-electron chi connectivity index (χ3n) is 9.82. The largest absolute Gasteiger partial charge is 0.463 e. The van der Waals surface area contributed by atoms with E-state index in [1.807, 2.05) is 0 Å². The topological polar surface area (TPSA) is 85.3 Å². The van der Waals surface area contributed by atoms with E-state index >= 15 is 0 Å². The summed E-state index contributed by atoms with van der Waals surface area (Å²) in [4.78, 5) is 27.0. The number of ether oxygens (including phenoxy) is 3. The second kappa shape index (κ2) is 40.6. The van der Waals surface area contributed by atoms with Crippen molar-refractivity contribution < 1.29 is 28.9 Å². The normalized spacial score (nSPS) is 11.6. The molecule has 0 aromatic carbocycles. The van der Waals surface area contributed by atoms with Crippen molar-refractivity contribution in [2.75, 3.05) is 46.1 Å². The van der Waals surface area contributed by atoms with Gasteiger partial charge in [-0.05, 0) is 70.9 Å². The lowest BCUT2D eigenvalue weighted by molar-refractivity contribution is -0.150. The Balaban J connectivity index is 3.94. The Morgan fingerprint density at radius 1 is 0.480 bits per heavy atom. The molecule has 0 aliphatic carbocycles. The van der Waals surface area contributed by atoms with Crippen LogP contribution in [0, 0.1) is 0 Å². The smallest absolute Gasteiger partial charge is 0.306 e. The zero-order valence-corrected chi connectivity index (χ0v) is 33.7. The highest BCUT2D eigenvalue weighted by molar-refractivity contribution is 5.69. The van der Waals surface area contributed by atoms with E-state index in [-0.39, 0.29) is 24.6 Å². The fourth-order valence-corrected chi connectivity index (χ4v) is 6.58. The van der Waals surface area contributed by atoms with Gasteiger partial charge in [0.1, 0.15) is 12.7 Å². The molecule has 0 atom stereocenters. The second-order valence-corrected chi connectivity index (χ2v) is 14.7. The molecule has 50 heavy (non-hydrogen) atoms. The minimum absolute atomic E-state index is 0.00919. The van der Waals surface area contributed by atoms with Crippen LogP contribution < -0.4 is 0 Å². The van der Waals surface area contributed by atoms with Crippen LogP contribution in [0.2, 0.25) is 0 Å². The summed E-state index contributed by atoms with van der Waals surface area (Å²) in [6.07, 6.45) is 34.1. The highest BCUT2D eigenvalue weighted by Crippen LogP contribution is 2.18. The van der Waals surface area contributed by atoms with E-state index in [4.69, 9.17) is 14.2 Å². The first-order valence-electron chi connectivity index (χ1n) is 21.8. The van der Waals surface area contributed by atoms with Crippen LogP contribution in [-0.4, -0.2) is 74.1 Å². The molecule has 0 fully saturated rings. The molecule has 0 amide bonds. The van der Waals surface area contributed by atoms with Gasteiger partial charge in [0.05, 0.1) is 13.2 Å². The zero-order valence-electron chi connectivity index (χ0n) is 33.7. The molecule has 0 radical (unpaired) electrons. The highest BCUT2D eigenvalue weighted by atomic mass is 16.6. The summed E-state index contributed by atoms with van der Waals surface area (Å²) in [7, 11) is 0. The summed E-state index contributed by atoms with van der Waals surface area (Å²) < 4.78 is 16.8. The van der Waals surface area contributed by atoms with E-state index in [0.717, 1.165) is 110 Å². The Bertz CT molecular complexity index is 689. The summed E-state index contributed by atoms with van der Waals surface area (Å²) in [5.41, 5.74) is 0. The molecule has 0 aliphatic rings. The van der Waals surface area contributed by atoms with Crippen molar-refractivity contribution in [1.82, 2.24) is 4.90 Å². The van der Waals surface area contributed by atoms with Crippen molar-refractivity contribution in [1.29, 1.82) is 0 Å². The predicted octanol–water partition coefficient (Wildman–Crippen LogP) is 11.5. The van der Waals surface area contributed by atoms with Gasteiger partial charge in [-0.25, -0.2) is 0 Å². The molecule has 7 heteroatoms. The van der Waals surface area contributed by atoms with Gasteiger partial charge in [-0.1, -0.05) is 143 Å². The molecule has 0 aromatic rings. The number of nitrogens with zero attached hydrogens (tertiary/aromatic N) is 1. The van der Waals surface area contributed by atoms with E-state index in [2.05, 4.69) is 25.7 Å². The van der Waals surface area contributed by atoms with E-state index in [0.29, 0.717) is 26.1 Å². The fraction of sp³-hybridized carbons (Fsp3) is 0.953. The molecule has 0 spiro atoms. The van der Waals surface area contributed by atoms with Crippen molar-refractivity contribution in [2.45, 2.75) is 219 Å². The van der Waals surface area contributed by atoms with Crippen LogP contribution in [0.1, 0.15) is 213 Å². The lowest BCUT2D eigenvalue weighted by Gasteiger charge is -2.21. The first-order valence-corrected chi connectivity index (χ1v) is 21.8. The number of aliphatic hydroxyl groups excluding tert-OH is 1. The van der Waals surface area contributed by atoms with E-state index in [1.165, 1.54) is 96.3 Å². The molecule has 0 rings (SSSR count). The van der Waals surface area contributed by atoms with Crippen molar-refractivity contribution in [2.24, 2.45) is 0 Å². The quantitative estimate of drug-likeness (QED) is 0.0499. The zero-order chi connectivity index (χ0) is 36.6. The van der Waals surface area contributed by atoms with Crippen LogP contribution in [0.5, 0.6) is 0 Å². The number of hydrogen-bond acceptors (Lipinski definition) is 7. The highest BCUT2D eigenvalue weighted by Gasteiger charge is 2.14. The summed E-state index contributed by atoms with van der Waals surface area (Å²) in [5.74, 6) is -0.102. The summed E-state index contributed by atoms with van der Waals surface area (Å²) in [6, 6.07) is 0. The van der Waals surface area contributed by atoms with Crippen LogP contribution in [0.25, 0.3) is 0 Å². The Morgan fingerprint density at radius 3 is 1.44 bits per heavy atom. The van der Waals surface area contributed by atoms with E-state index in [1.54, 1.807) is 0 Å². The van der Waals surface area contributed by atoms with Gasteiger partial charge in [0.15, 0.2) is 0 Å². The monoisotopic (exact) mass is 712 g/mol. The summed E-state index contributed by atoms with van der Waals surface area (Å²) in [6.45, 7) is 11.3. The average molecular weight is 712 g/mol. The van der Waals surface area contributed by atoms with E-state index < -0.39 is 0 Å². The molecule has 0 aromatic heterocycles. The Kier molecular flexibility index (Phi) is 39.6. The molecule has 0 bridgehead atoms. The first-order chi connectivity index (χ1) is 24.6. The third-order valence-corrected chi connectivity index (χ3v) is 9.82. The van der Waals surface area contributed by atoms with Crippen molar-refractivity contribution in [3.8, 4) is 0 Å². The van der Waals surface area contributed by atoms with Gasteiger partial charge in [-0.15, -0.1) is 0 Å². The Labute approximate surface area is 310 Å². The van der Waals surface area contributed by atoms with Crippen molar-refractivity contribution >= 4 is 11.9 Å². The number of carbonyl (C=O) groups excluding carboxylic acids is 2. The number of rotatable bonds is 41. The number of carbonyl (C=O) groups is 2. The van der Waals surface area contributed by atoms with Gasteiger partial charge in [0.2, 0.25) is 0 Å². The molecule has 1 N–H and O–H groups in total. The lowest BCUT2D eigenvalue weighted by atomic mass is 10.0. The van der Waals surface area contributed by atoms with Crippen LogP contribution in [0.3, 0.4) is 0 Å². The third kappa shape index (κ3) is 36.6. The molecule has 7 nitrogen and oxygen atoms in total. The fourth-order valence-electron chi connectivity index (χ4n) is 6.58. The molecule has 0 saturated heterocycles. The van der Waals surface area contributed by atoms with Gasteiger partial charge >= 0.3 is 11.9 Å². The van der Waals surface area contributed by atoms with Gasteiger partial charge in [0, 0.05) is 26.0 Å². The van der Waals surface area contributed by atoms with Crippen LogP contribution in [0.4, 0.5) is 0 Å². The summed E-state index contributed by atoms with van der Waals surface area (Å²) >= 11 is 0. The number of unbranched alkanes of at least 4 members (excludes halogenated alkanes) is 21. The maximum Gasteiger partial charge on any atom is 0.306 e. The molecule has 0 aliphatic heterocycles. The standard InChI is InChI=1S/C43H85NO6/c1-4-7-10-13-17-23-30-41(31-24-18-14-11-8-5-2)50-43(47)33-26-20-16-22-28-35-44(36-37-45)34-27-21-15-19-25-32-42(46)49-40-39-48-38-29-12-9-6-3/h41,45H,4-40H2,1-3H3. The lowest BCUT2D eigenvalue weighted by Crippen LogP contribution is -2.29. The van der Waals surface area contributed by atoms with Gasteiger partial charge in [0.25, 0.3) is 0 Å². The Hall–Kier alpha value is -1.18. The first kappa shape index (κ1) is 48.8.